The molecule has 0 unspecified atom stereocenters. The second-order valence-corrected chi connectivity index (χ2v) is 8.19. The van der Waals surface area contributed by atoms with E-state index in [0.29, 0.717) is 12.6 Å². The Hall–Kier alpha value is -3.31. The highest BCUT2D eigenvalue weighted by Gasteiger charge is 2.28. The van der Waals surface area contributed by atoms with Crippen LogP contribution in [0.5, 0.6) is 5.75 Å². The fourth-order valence-corrected chi connectivity index (χ4v) is 4.04. The highest BCUT2D eigenvalue weighted by atomic mass is 16.5. The number of hydrogen-bond acceptors (Lipinski definition) is 4. The van der Waals surface area contributed by atoms with Crippen LogP contribution in [0.4, 0.5) is 11.4 Å². The molecule has 5 nitrogen and oxygen atoms in total. The van der Waals surface area contributed by atoms with Crippen molar-refractivity contribution in [2.24, 2.45) is 5.73 Å². The summed E-state index contributed by atoms with van der Waals surface area (Å²) in [6.07, 6.45) is 2.54. The van der Waals surface area contributed by atoms with E-state index < -0.39 is 6.04 Å². The molecule has 1 amide bonds. The molecule has 1 atom stereocenters. The molecule has 3 aromatic rings. The minimum atomic E-state index is -0.733. The molecule has 0 aliphatic heterocycles. The van der Waals surface area contributed by atoms with Crippen LogP contribution in [-0.4, -0.2) is 25.6 Å². The highest BCUT2D eigenvalue weighted by Crippen LogP contribution is 2.32. The summed E-state index contributed by atoms with van der Waals surface area (Å²) in [6.45, 7) is 3.65. The number of carbonyl (C=O) groups is 1. The van der Waals surface area contributed by atoms with Crippen molar-refractivity contribution in [1.29, 1.82) is 0 Å². The highest BCUT2D eigenvalue weighted by molar-refractivity contribution is 5.97. The Balaban J connectivity index is 1.59. The van der Waals surface area contributed by atoms with Gasteiger partial charge < -0.3 is 20.3 Å². The summed E-state index contributed by atoms with van der Waals surface area (Å²) in [5, 5.41) is 0. The number of anilines is 2. The maximum Gasteiger partial charge on any atom is 0.248 e. The molecule has 3 aromatic carbocycles. The zero-order valence-electron chi connectivity index (χ0n) is 18.8. The van der Waals surface area contributed by atoms with Gasteiger partial charge in [-0.1, -0.05) is 42.5 Å². The minimum Gasteiger partial charge on any atom is -0.497 e. The number of nitrogens with zero attached hydrogens (tertiary/aromatic N) is 2. The molecule has 166 valence electrons. The summed E-state index contributed by atoms with van der Waals surface area (Å²) in [6, 6.07) is 25.5. The molecule has 0 saturated heterocycles. The van der Waals surface area contributed by atoms with Gasteiger partial charge in [0.15, 0.2) is 0 Å². The number of nitrogens with two attached hydrogens (primary N) is 1. The van der Waals surface area contributed by atoms with Gasteiger partial charge in [-0.15, -0.1) is 0 Å². The van der Waals surface area contributed by atoms with E-state index >= 15 is 0 Å². The molecule has 1 fully saturated rings. The van der Waals surface area contributed by atoms with Crippen molar-refractivity contribution in [2.45, 2.75) is 38.4 Å². The summed E-state index contributed by atoms with van der Waals surface area (Å²) in [5.74, 6) is 0.608. The maximum atomic E-state index is 13.5. The zero-order valence-corrected chi connectivity index (χ0v) is 18.8. The van der Waals surface area contributed by atoms with Crippen LogP contribution >= 0.6 is 0 Å². The van der Waals surface area contributed by atoms with Crippen molar-refractivity contribution in [1.82, 2.24) is 0 Å². The molecule has 1 aliphatic rings. The molecule has 0 aromatic heterocycles. The second kappa shape index (κ2) is 9.88. The van der Waals surface area contributed by atoms with Gasteiger partial charge >= 0.3 is 0 Å². The predicted octanol–water partition coefficient (Wildman–Crippen LogP) is 4.92. The Morgan fingerprint density at radius 3 is 2.16 bits per heavy atom. The van der Waals surface area contributed by atoms with Gasteiger partial charge in [-0.05, 0) is 67.3 Å². The van der Waals surface area contributed by atoms with Gasteiger partial charge in [-0.3, -0.25) is 4.79 Å². The fraction of sp³-hybridized carbons (Fsp3) is 0.296. The topological polar surface area (TPSA) is 58.8 Å². The number of hydrogen-bond donors (Lipinski definition) is 1. The van der Waals surface area contributed by atoms with Gasteiger partial charge in [0.2, 0.25) is 5.91 Å². The van der Waals surface area contributed by atoms with E-state index in [1.807, 2.05) is 54.6 Å². The summed E-state index contributed by atoms with van der Waals surface area (Å²) in [5.41, 5.74) is 10.3. The summed E-state index contributed by atoms with van der Waals surface area (Å²) in [4.78, 5) is 17.7. The van der Waals surface area contributed by atoms with E-state index in [-0.39, 0.29) is 5.91 Å². The lowest BCUT2D eigenvalue weighted by Crippen LogP contribution is -2.38. The third kappa shape index (κ3) is 4.94. The number of rotatable bonds is 9. The smallest absolute Gasteiger partial charge is 0.248 e. The van der Waals surface area contributed by atoms with Gasteiger partial charge in [0, 0.05) is 24.0 Å². The summed E-state index contributed by atoms with van der Waals surface area (Å²) in [7, 11) is 1.63. The third-order valence-corrected chi connectivity index (χ3v) is 6.01. The Kier molecular flexibility index (Phi) is 6.76. The monoisotopic (exact) mass is 429 g/mol. The number of amides is 1. The third-order valence-electron chi connectivity index (χ3n) is 6.01. The lowest BCUT2D eigenvalue weighted by atomic mass is 10.1. The van der Waals surface area contributed by atoms with Crippen LogP contribution in [0.1, 0.15) is 36.9 Å². The molecular weight excluding hydrogens is 398 g/mol. The largest absolute Gasteiger partial charge is 0.497 e. The molecule has 0 radical (unpaired) electrons. The Morgan fingerprint density at radius 2 is 1.59 bits per heavy atom. The van der Waals surface area contributed by atoms with E-state index in [1.165, 1.54) is 18.5 Å². The number of ether oxygens (including phenoxy) is 1. The van der Waals surface area contributed by atoms with E-state index in [4.69, 9.17) is 10.5 Å². The van der Waals surface area contributed by atoms with Crippen molar-refractivity contribution in [3.05, 3.63) is 90.0 Å². The average molecular weight is 430 g/mol. The molecule has 1 aliphatic carbocycles. The summed E-state index contributed by atoms with van der Waals surface area (Å²) < 4.78 is 5.28. The van der Waals surface area contributed by atoms with Gasteiger partial charge in [-0.25, -0.2) is 0 Å². The second-order valence-electron chi connectivity index (χ2n) is 8.19. The maximum absolute atomic E-state index is 13.5. The minimum absolute atomic E-state index is 0.140. The summed E-state index contributed by atoms with van der Waals surface area (Å²) >= 11 is 0. The first-order chi connectivity index (χ1) is 15.6. The number of benzene rings is 3. The number of methoxy groups -OCH3 is 1. The lowest BCUT2D eigenvalue weighted by molar-refractivity contribution is -0.120. The molecule has 0 heterocycles. The van der Waals surface area contributed by atoms with Crippen molar-refractivity contribution in [3.63, 3.8) is 0 Å². The van der Waals surface area contributed by atoms with Crippen LogP contribution in [0.15, 0.2) is 78.9 Å². The van der Waals surface area contributed by atoms with Crippen LogP contribution in [0.2, 0.25) is 0 Å². The Morgan fingerprint density at radius 1 is 0.969 bits per heavy atom. The standard InChI is InChI=1S/C27H31N3O2/c1-3-29(23-13-14-23)22-11-9-20(10-12-22)19-30(24-15-17-25(32-2)18-16-24)27(31)26(28)21-7-5-4-6-8-21/h4-12,15-18,23,26H,3,13-14,19,28H2,1-2H3/t26-/m0/s1. The van der Waals surface area contributed by atoms with E-state index in [1.54, 1.807) is 12.0 Å². The fourth-order valence-electron chi connectivity index (χ4n) is 4.04. The number of carbonyl (C=O) groups excluding carboxylic acids is 1. The Labute approximate surface area is 190 Å². The van der Waals surface area contributed by atoms with Crippen LogP contribution in [0, 0.1) is 0 Å². The molecule has 4 rings (SSSR count). The Bertz CT molecular complexity index is 1020. The van der Waals surface area contributed by atoms with Gasteiger partial charge in [0.05, 0.1) is 13.7 Å². The first-order valence-electron chi connectivity index (χ1n) is 11.2. The SMILES string of the molecule is CCN(c1ccc(CN(C(=O)[C@@H](N)c2ccccc2)c2ccc(OC)cc2)cc1)C1CC1. The van der Waals surface area contributed by atoms with Gasteiger partial charge in [0.1, 0.15) is 11.8 Å². The van der Waals surface area contributed by atoms with Crippen LogP contribution in [0.3, 0.4) is 0 Å². The van der Waals surface area contributed by atoms with Gasteiger partial charge in [0.25, 0.3) is 0 Å². The first-order valence-corrected chi connectivity index (χ1v) is 11.2. The molecule has 0 bridgehead atoms. The molecule has 5 heteroatoms. The zero-order chi connectivity index (χ0) is 22.5. The van der Waals surface area contributed by atoms with E-state index in [0.717, 1.165) is 29.1 Å². The predicted molar refractivity (Wildman–Crippen MR) is 130 cm³/mol. The average Bonchev–Trinajstić information content (AvgIpc) is 3.69. The van der Waals surface area contributed by atoms with Gasteiger partial charge in [-0.2, -0.15) is 0 Å². The van der Waals surface area contributed by atoms with Crippen LogP contribution in [-0.2, 0) is 11.3 Å². The lowest BCUT2D eigenvalue weighted by Gasteiger charge is -2.27. The molecule has 32 heavy (non-hydrogen) atoms. The molecular formula is C27H31N3O2. The van der Waals surface area contributed by atoms with Crippen molar-refractivity contribution in [2.75, 3.05) is 23.5 Å². The van der Waals surface area contributed by atoms with Crippen molar-refractivity contribution >= 4 is 17.3 Å². The molecule has 1 saturated carbocycles. The van der Waals surface area contributed by atoms with Crippen molar-refractivity contribution < 1.29 is 9.53 Å². The van der Waals surface area contributed by atoms with Crippen LogP contribution < -0.4 is 20.3 Å². The first kappa shape index (κ1) is 21.9. The molecule has 2 N–H and O–H groups in total. The van der Waals surface area contributed by atoms with E-state index in [9.17, 15) is 4.79 Å². The molecule has 0 spiro atoms. The van der Waals surface area contributed by atoms with Crippen molar-refractivity contribution in [3.8, 4) is 5.75 Å². The normalized spacial score (nSPS) is 14.0. The van der Waals surface area contributed by atoms with E-state index in [2.05, 4.69) is 36.1 Å². The van der Waals surface area contributed by atoms with Crippen LogP contribution in [0.25, 0.3) is 0 Å². The quantitative estimate of drug-likeness (QED) is 0.525.